The Bertz CT molecular complexity index is 1900. The highest BCUT2D eigenvalue weighted by Gasteiger charge is 2.35. The second kappa shape index (κ2) is 13.6. The van der Waals surface area contributed by atoms with Crippen LogP contribution in [0.2, 0.25) is 0 Å². The fourth-order valence-corrected chi connectivity index (χ4v) is 7.31. The zero-order chi connectivity index (χ0) is 34.1. The molecule has 3 saturated heterocycles. The molecule has 4 aromatic rings. The number of aryl methyl sites for hydroxylation is 1. The average Bonchev–Trinajstić information content (AvgIpc) is 3.49. The summed E-state index contributed by atoms with van der Waals surface area (Å²) in [7, 11) is 0. The molecule has 0 aliphatic carbocycles. The lowest BCUT2D eigenvalue weighted by atomic mass is 9.96. The topological polar surface area (TPSA) is 126 Å². The number of likely N-dealkylation sites (tertiary alicyclic amines) is 1. The number of nitrogen functional groups attached to an aromatic ring is 1. The lowest BCUT2D eigenvalue weighted by Crippen LogP contribution is -2.59. The van der Waals surface area contributed by atoms with Gasteiger partial charge in [-0.05, 0) is 81.7 Å². The van der Waals surface area contributed by atoms with Crippen LogP contribution in [0.5, 0.6) is 11.5 Å². The van der Waals surface area contributed by atoms with E-state index in [0.29, 0.717) is 24.9 Å². The van der Waals surface area contributed by atoms with Crippen LogP contribution in [0.1, 0.15) is 38.3 Å². The maximum atomic E-state index is 13.9. The molecule has 11 nitrogen and oxygen atoms in total. The molecule has 2 N–H and O–H groups in total. The molecule has 2 aromatic heterocycles. The number of nitrogens with zero attached hydrogens (tertiary/aromatic N) is 7. The van der Waals surface area contributed by atoms with E-state index < -0.39 is 5.54 Å². The monoisotopic (exact) mass is 660 g/mol. The Morgan fingerprint density at radius 2 is 1.84 bits per heavy atom. The smallest absolute Gasteiger partial charge is 0.264 e. The molecule has 0 spiro atoms. The lowest BCUT2D eigenvalue weighted by Gasteiger charge is -2.46. The van der Waals surface area contributed by atoms with Crippen molar-refractivity contribution in [1.82, 2.24) is 29.5 Å². The number of aromatic nitrogens is 3. The standard InChI is InChI=1S/C38H44N8O3/c1-26-20-27(11-12-33(26)49-31-9-5-4-6-10-31)35-34-32(13-14-41-36(34)40)46(42-35)29-8-7-15-44(23-29)37(47)28(22-39)21-38(2,3)45-18-16-43(17-19-45)30-24-48-25-30/h4-6,9-14,20-21,29-30H,7-8,15-19,23-25H2,1-3H3,(H2,40,41). The molecular formula is C38H44N8O3. The van der Waals surface area contributed by atoms with Gasteiger partial charge < -0.3 is 20.1 Å². The highest BCUT2D eigenvalue weighted by Crippen LogP contribution is 2.37. The first-order valence-electron chi connectivity index (χ1n) is 17.2. The number of anilines is 1. The van der Waals surface area contributed by atoms with E-state index in [1.165, 1.54) is 0 Å². The van der Waals surface area contributed by atoms with Gasteiger partial charge in [0, 0.05) is 56.6 Å². The van der Waals surface area contributed by atoms with Crippen molar-refractivity contribution < 1.29 is 14.3 Å². The highest BCUT2D eigenvalue weighted by molar-refractivity contribution is 6.00. The maximum absolute atomic E-state index is 13.9. The number of rotatable bonds is 8. The molecule has 1 unspecified atom stereocenters. The molecule has 11 heteroatoms. The summed E-state index contributed by atoms with van der Waals surface area (Å²) in [5.41, 5.74) is 9.72. The van der Waals surface area contributed by atoms with Crippen molar-refractivity contribution in [2.24, 2.45) is 0 Å². The van der Waals surface area contributed by atoms with Gasteiger partial charge >= 0.3 is 0 Å². The van der Waals surface area contributed by atoms with Crippen molar-refractivity contribution in [3.05, 3.63) is 78.0 Å². The average molecular weight is 661 g/mol. The van der Waals surface area contributed by atoms with Crippen LogP contribution in [-0.2, 0) is 9.53 Å². The van der Waals surface area contributed by atoms with Crippen LogP contribution in [0, 0.1) is 18.3 Å². The third-order valence-corrected chi connectivity index (χ3v) is 10.2. The molecule has 5 heterocycles. The number of ether oxygens (including phenoxy) is 2. The summed E-state index contributed by atoms with van der Waals surface area (Å²) in [6, 6.07) is 20.3. The number of piperidine rings is 1. The second-order valence-corrected chi connectivity index (χ2v) is 13.9. The summed E-state index contributed by atoms with van der Waals surface area (Å²) in [5, 5.41) is 16.1. The number of amides is 1. The summed E-state index contributed by atoms with van der Waals surface area (Å²) in [6.07, 6.45) is 5.21. The number of carbonyl (C=O) groups is 1. The molecule has 254 valence electrons. The third-order valence-electron chi connectivity index (χ3n) is 10.2. The van der Waals surface area contributed by atoms with Gasteiger partial charge in [0.2, 0.25) is 0 Å². The van der Waals surface area contributed by atoms with E-state index in [1.807, 2.05) is 71.1 Å². The Morgan fingerprint density at radius 1 is 1.06 bits per heavy atom. The van der Waals surface area contributed by atoms with Crippen LogP contribution in [0.3, 0.4) is 0 Å². The number of hydrogen-bond acceptors (Lipinski definition) is 9. The number of piperazine rings is 1. The van der Waals surface area contributed by atoms with E-state index in [-0.39, 0.29) is 17.5 Å². The lowest BCUT2D eigenvalue weighted by molar-refractivity contribution is -0.128. The van der Waals surface area contributed by atoms with Crippen molar-refractivity contribution in [2.75, 3.05) is 58.2 Å². The van der Waals surface area contributed by atoms with Crippen molar-refractivity contribution >= 4 is 22.6 Å². The Kier molecular flexibility index (Phi) is 9.11. The SMILES string of the molecule is Cc1cc(-c2nn(C3CCCN(C(=O)C(C#N)=CC(C)(C)N4CCN(C5COC5)CC4)C3)c3ccnc(N)c23)ccc1Oc1ccccc1. The molecule has 49 heavy (non-hydrogen) atoms. The summed E-state index contributed by atoms with van der Waals surface area (Å²) in [4.78, 5) is 25.0. The van der Waals surface area contributed by atoms with Gasteiger partial charge in [-0.25, -0.2) is 4.98 Å². The quantitative estimate of drug-likeness (QED) is 0.201. The number of para-hydroxylation sites is 1. The zero-order valence-electron chi connectivity index (χ0n) is 28.5. The van der Waals surface area contributed by atoms with Gasteiger partial charge in [0.15, 0.2) is 0 Å². The minimum atomic E-state index is -0.435. The number of carbonyl (C=O) groups excluding carboxylic acids is 1. The molecular weight excluding hydrogens is 616 g/mol. The molecule has 0 bridgehead atoms. The first-order chi connectivity index (χ1) is 23.7. The molecule has 0 radical (unpaired) electrons. The third kappa shape index (κ3) is 6.64. The largest absolute Gasteiger partial charge is 0.457 e. The summed E-state index contributed by atoms with van der Waals surface area (Å²) in [5.74, 6) is 1.71. The van der Waals surface area contributed by atoms with Gasteiger partial charge in [-0.3, -0.25) is 19.3 Å². The van der Waals surface area contributed by atoms with E-state index in [9.17, 15) is 10.1 Å². The fraction of sp³-hybridized carbons (Fsp3) is 0.421. The summed E-state index contributed by atoms with van der Waals surface area (Å²) in [6.45, 7) is 12.5. The second-order valence-electron chi connectivity index (χ2n) is 13.9. The number of hydrogen-bond donors (Lipinski definition) is 1. The minimum absolute atomic E-state index is 0.0888. The van der Waals surface area contributed by atoms with Gasteiger partial charge in [0.05, 0.1) is 36.2 Å². The molecule has 3 aliphatic rings. The van der Waals surface area contributed by atoms with Gasteiger partial charge in [-0.1, -0.05) is 18.2 Å². The Morgan fingerprint density at radius 3 is 2.53 bits per heavy atom. The Hall–Kier alpha value is -4.76. The van der Waals surface area contributed by atoms with Crippen LogP contribution < -0.4 is 10.5 Å². The van der Waals surface area contributed by atoms with Crippen LogP contribution in [0.15, 0.2) is 72.4 Å². The predicted molar refractivity (Wildman–Crippen MR) is 189 cm³/mol. The predicted octanol–water partition coefficient (Wildman–Crippen LogP) is 5.19. The minimum Gasteiger partial charge on any atom is -0.457 e. The highest BCUT2D eigenvalue weighted by atomic mass is 16.5. The van der Waals surface area contributed by atoms with Crippen molar-refractivity contribution in [1.29, 1.82) is 5.26 Å². The molecule has 2 aromatic carbocycles. The van der Waals surface area contributed by atoms with Crippen LogP contribution in [0.4, 0.5) is 5.82 Å². The Labute approximate surface area is 287 Å². The van der Waals surface area contributed by atoms with Crippen LogP contribution >= 0.6 is 0 Å². The number of pyridine rings is 1. The van der Waals surface area contributed by atoms with Crippen molar-refractivity contribution in [2.45, 2.75) is 51.2 Å². The van der Waals surface area contributed by atoms with Crippen LogP contribution in [-0.4, -0.2) is 99.4 Å². The summed E-state index contributed by atoms with van der Waals surface area (Å²) < 4.78 is 13.5. The van der Waals surface area contributed by atoms with Crippen molar-refractivity contribution in [3.8, 4) is 28.8 Å². The molecule has 1 amide bonds. The van der Waals surface area contributed by atoms with Gasteiger partial charge in [-0.2, -0.15) is 10.4 Å². The fourth-order valence-electron chi connectivity index (χ4n) is 7.31. The van der Waals surface area contributed by atoms with Crippen molar-refractivity contribution in [3.63, 3.8) is 0 Å². The molecule has 0 saturated carbocycles. The van der Waals surface area contributed by atoms with Gasteiger partial charge in [0.1, 0.15) is 34.7 Å². The van der Waals surface area contributed by atoms with E-state index >= 15 is 0 Å². The molecule has 3 fully saturated rings. The van der Waals surface area contributed by atoms with Gasteiger partial charge in [0.25, 0.3) is 5.91 Å². The zero-order valence-corrected chi connectivity index (χ0v) is 28.5. The van der Waals surface area contributed by atoms with Crippen LogP contribution in [0.25, 0.3) is 22.2 Å². The van der Waals surface area contributed by atoms with E-state index in [0.717, 1.165) is 91.5 Å². The maximum Gasteiger partial charge on any atom is 0.264 e. The normalized spacial score (nSPS) is 19.8. The first kappa shape index (κ1) is 32.8. The number of nitrogens with two attached hydrogens (primary N) is 1. The summed E-state index contributed by atoms with van der Waals surface area (Å²) >= 11 is 0. The number of fused-ring (bicyclic) bond motifs is 1. The number of benzene rings is 2. The Balaban J connectivity index is 1.11. The molecule has 7 rings (SSSR count). The molecule has 3 aliphatic heterocycles. The molecule has 1 atom stereocenters. The number of nitriles is 1. The van der Waals surface area contributed by atoms with Gasteiger partial charge in [-0.15, -0.1) is 0 Å². The van der Waals surface area contributed by atoms with E-state index in [1.54, 1.807) is 6.20 Å². The van der Waals surface area contributed by atoms with E-state index in [2.05, 4.69) is 40.8 Å². The van der Waals surface area contributed by atoms with E-state index in [4.69, 9.17) is 20.3 Å². The first-order valence-corrected chi connectivity index (χ1v) is 17.2.